The summed E-state index contributed by atoms with van der Waals surface area (Å²) in [5, 5.41) is 7.22. The first-order valence-electron chi connectivity index (χ1n) is 5.70. The summed E-state index contributed by atoms with van der Waals surface area (Å²) in [6, 6.07) is 3.28. The molecule has 0 amide bonds. The normalized spacial score (nSPS) is 10.3. The van der Waals surface area contributed by atoms with Crippen molar-refractivity contribution in [1.29, 1.82) is 0 Å². The first kappa shape index (κ1) is 16.0. The highest BCUT2D eigenvalue weighted by molar-refractivity contribution is 9.10. The van der Waals surface area contributed by atoms with Crippen molar-refractivity contribution in [2.75, 3.05) is 6.61 Å². The van der Waals surface area contributed by atoms with Gasteiger partial charge < -0.3 is 20.9 Å². The highest BCUT2D eigenvalue weighted by atomic mass is 79.9. The molecule has 1 aromatic rings. The number of ether oxygens (including phenoxy) is 2. The van der Waals surface area contributed by atoms with Gasteiger partial charge in [-0.2, -0.15) is 5.10 Å². The standard InChI is InChI=1S/C12H15BrN4O3/c1-3-19-10-4-8(6-16-17-12(14)15)9(13)5-11(10)20-7(2)18/h4-6H,3H2,1-2H3,(H4,14,15,17). The van der Waals surface area contributed by atoms with E-state index in [1.165, 1.54) is 13.1 Å². The Bertz CT molecular complexity index is 554. The largest absolute Gasteiger partial charge is 0.490 e. The van der Waals surface area contributed by atoms with Gasteiger partial charge in [0.25, 0.3) is 0 Å². The summed E-state index contributed by atoms with van der Waals surface area (Å²) < 4.78 is 11.1. The van der Waals surface area contributed by atoms with E-state index in [4.69, 9.17) is 20.9 Å². The Morgan fingerprint density at radius 3 is 2.65 bits per heavy atom. The number of carbonyl (C=O) groups is 1. The van der Waals surface area contributed by atoms with Crippen molar-refractivity contribution in [1.82, 2.24) is 0 Å². The maximum absolute atomic E-state index is 11.0. The van der Waals surface area contributed by atoms with Gasteiger partial charge in [-0.15, -0.1) is 5.10 Å². The molecule has 0 heterocycles. The van der Waals surface area contributed by atoms with Crippen LogP contribution in [0.3, 0.4) is 0 Å². The molecule has 0 fully saturated rings. The molecule has 0 saturated heterocycles. The minimum atomic E-state index is -0.431. The number of hydrogen-bond acceptors (Lipinski definition) is 5. The van der Waals surface area contributed by atoms with Crippen LogP contribution >= 0.6 is 15.9 Å². The summed E-state index contributed by atoms with van der Waals surface area (Å²) in [5.41, 5.74) is 11.0. The van der Waals surface area contributed by atoms with Crippen LogP contribution in [0.15, 0.2) is 26.8 Å². The number of rotatable bonds is 5. The zero-order valence-electron chi connectivity index (χ0n) is 11.1. The first-order chi connectivity index (χ1) is 9.43. The number of benzene rings is 1. The summed E-state index contributed by atoms with van der Waals surface area (Å²) in [4.78, 5) is 11.0. The topological polar surface area (TPSA) is 112 Å². The Morgan fingerprint density at radius 1 is 1.40 bits per heavy atom. The van der Waals surface area contributed by atoms with E-state index >= 15 is 0 Å². The molecule has 0 spiro atoms. The molecule has 1 rings (SSSR count). The first-order valence-corrected chi connectivity index (χ1v) is 6.50. The van der Waals surface area contributed by atoms with Gasteiger partial charge in [-0.3, -0.25) is 4.79 Å². The summed E-state index contributed by atoms with van der Waals surface area (Å²) in [7, 11) is 0. The van der Waals surface area contributed by atoms with E-state index in [9.17, 15) is 4.79 Å². The molecule has 0 atom stereocenters. The molecular weight excluding hydrogens is 328 g/mol. The van der Waals surface area contributed by atoms with Crippen LogP contribution in [0.1, 0.15) is 19.4 Å². The van der Waals surface area contributed by atoms with Crippen LogP contribution in [0.4, 0.5) is 0 Å². The van der Waals surface area contributed by atoms with Gasteiger partial charge in [0.15, 0.2) is 11.5 Å². The summed E-state index contributed by atoms with van der Waals surface area (Å²) in [6.07, 6.45) is 1.45. The summed E-state index contributed by atoms with van der Waals surface area (Å²) in [6.45, 7) is 3.57. The van der Waals surface area contributed by atoms with Crippen molar-refractivity contribution in [2.24, 2.45) is 21.7 Å². The van der Waals surface area contributed by atoms with E-state index < -0.39 is 5.97 Å². The van der Waals surface area contributed by atoms with Crippen LogP contribution in [0.25, 0.3) is 0 Å². The van der Waals surface area contributed by atoms with E-state index in [1.54, 1.807) is 12.1 Å². The lowest BCUT2D eigenvalue weighted by Crippen LogP contribution is -2.21. The van der Waals surface area contributed by atoms with Crippen molar-refractivity contribution in [2.45, 2.75) is 13.8 Å². The average molecular weight is 343 g/mol. The smallest absolute Gasteiger partial charge is 0.308 e. The maximum atomic E-state index is 11.0. The van der Waals surface area contributed by atoms with E-state index in [1.807, 2.05) is 6.92 Å². The fourth-order valence-electron chi connectivity index (χ4n) is 1.31. The second kappa shape index (κ2) is 7.49. The van der Waals surface area contributed by atoms with Gasteiger partial charge in [-0.25, -0.2) is 0 Å². The highest BCUT2D eigenvalue weighted by Crippen LogP contribution is 2.33. The molecule has 0 aromatic heterocycles. The fraction of sp³-hybridized carbons (Fsp3) is 0.250. The summed E-state index contributed by atoms with van der Waals surface area (Å²) >= 11 is 3.34. The van der Waals surface area contributed by atoms with Crippen LogP contribution in [-0.4, -0.2) is 24.8 Å². The minimum absolute atomic E-state index is 0.140. The van der Waals surface area contributed by atoms with E-state index in [-0.39, 0.29) is 5.96 Å². The molecule has 0 aliphatic rings. The average Bonchev–Trinajstić information content (AvgIpc) is 2.33. The predicted octanol–water partition coefficient (Wildman–Crippen LogP) is 1.38. The Kier molecular flexibility index (Phi) is 5.98. The van der Waals surface area contributed by atoms with Gasteiger partial charge in [0.2, 0.25) is 5.96 Å². The molecule has 8 heteroatoms. The van der Waals surface area contributed by atoms with E-state index in [0.717, 1.165) is 0 Å². The zero-order chi connectivity index (χ0) is 15.1. The third kappa shape index (κ3) is 4.88. The molecule has 0 aliphatic carbocycles. The molecule has 4 N–H and O–H groups in total. The Labute approximate surface area is 124 Å². The molecule has 0 aliphatic heterocycles. The molecule has 0 bridgehead atoms. The number of hydrogen-bond donors (Lipinski definition) is 2. The molecule has 108 valence electrons. The van der Waals surface area contributed by atoms with Crippen LogP contribution in [0.2, 0.25) is 0 Å². The zero-order valence-corrected chi connectivity index (χ0v) is 12.7. The lowest BCUT2D eigenvalue weighted by molar-refractivity contribution is -0.132. The van der Waals surface area contributed by atoms with Gasteiger partial charge in [0.1, 0.15) is 0 Å². The van der Waals surface area contributed by atoms with Crippen LogP contribution in [0, 0.1) is 0 Å². The second-order valence-corrected chi connectivity index (χ2v) is 4.47. The van der Waals surface area contributed by atoms with Crippen molar-refractivity contribution < 1.29 is 14.3 Å². The number of halogens is 1. The van der Waals surface area contributed by atoms with Crippen LogP contribution in [-0.2, 0) is 4.79 Å². The molecule has 20 heavy (non-hydrogen) atoms. The number of nitrogens with two attached hydrogens (primary N) is 2. The number of carbonyl (C=O) groups excluding carboxylic acids is 1. The lowest BCUT2D eigenvalue weighted by Gasteiger charge is -2.11. The Balaban J connectivity index is 3.15. The second-order valence-electron chi connectivity index (χ2n) is 3.62. The molecule has 0 unspecified atom stereocenters. The fourth-order valence-corrected chi connectivity index (χ4v) is 1.74. The summed E-state index contributed by atoms with van der Waals surface area (Å²) in [5.74, 6) is 0.181. The van der Waals surface area contributed by atoms with E-state index in [2.05, 4.69) is 26.1 Å². The van der Waals surface area contributed by atoms with Gasteiger partial charge in [-0.05, 0) is 35.0 Å². The Morgan fingerprint density at radius 2 is 2.10 bits per heavy atom. The molecular formula is C12H15BrN4O3. The number of esters is 1. The maximum Gasteiger partial charge on any atom is 0.308 e. The van der Waals surface area contributed by atoms with Gasteiger partial charge in [0, 0.05) is 17.0 Å². The van der Waals surface area contributed by atoms with Crippen molar-refractivity contribution in [3.8, 4) is 11.5 Å². The van der Waals surface area contributed by atoms with Crippen LogP contribution < -0.4 is 20.9 Å². The van der Waals surface area contributed by atoms with Crippen molar-refractivity contribution >= 4 is 34.1 Å². The SMILES string of the molecule is CCOc1cc(C=NN=C(N)N)c(Br)cc1OC(C)=O. The third-order valence-electron chi connectivity index (χ3n) is 1.99. The number of nitrogens with zero attached hydrogens (tertiary/aromatic N) is 2. The molecule has 0 saturated carbocycles. The quantitative estimate of drug-likeness (QED) is 0.276. The highest BCUT2D eigenvalue weighted by Gasteiger charge is 2.11. The third-order valence-corrected chi connectivity index (χ3v) is 2.67. The van der Waals surface area contributed by atoms with Crippen molar-refractivity contribution in [3.63, 3.8) is 0 Å². The van der Waals surface area contributed by atoms with Gasteiger partial charge >= 0.3 is 5.97 Å². The molecule has 1 aromatic carbocycles. The Hall–Kier alpha value is -2.09. The van der Waals surface area contributed by atoms with Crippen molar-refractivity contribution in [3.05, 3.63) is 22.2 Å². The molecule has 7 nitrogen and oxygen atoms in total. The van der Waals surface area contributed by atoms with E-state index in [0.29, 0.717) is 28.1 Å². The predicted molar refractivity (Wildman–Crippen MR) is 80.0 cm³/mol. The minimum Gasteiger partial charge on any atom is -0.490 e. The monoisotopic (exact) mass is 342 g/mol. The van der Waals surface area contributed by atoms with Gasteiger partial charge in [0.05, 0.1) is 12.8 Å². The lowest BCUT2D eigenvalue weighted by atomic mass is 10.2. The molecule has 0 radical (unpaired) electrons. The van der Waals surface area contributed by atoms with Gasteiger partial charge in [-0.1, -0.05) is 0 Å². The van der Waals surface area contributed by atoms with Crippen LogP contribution in [0.5, 0.6) is 11.5 Å². The number of guanidine groups is 1.